The fraction of sp³-hybridized carbons (Fsp3) is 0.500. The molecule has 0 aliphatic carbocycles. The zero-order valence-electron chi connectivity index (χ0n) is 18.2. The molecular formula is C22H31N5O3. The fourth-order valence-corrected chi connectivity index (χ4v) is 4.01. The molecule has 2 heterocycles. The van der Waals surface area contributed by atoms with Crippen molar-refractivity contribution in [1.29, 1.82) is 0 Å². The maximum absolute atomic E-state index is 13.2. The van der Waals surface area contributed by atoms with Gasteiger partial charge in [-0.3, -0.25) is 9.59 Å². The van der Waals surface area contributed by atoms with Crippen LogP contribution in [0.1, 0.15) is 49.4 Å². The monoisotopic (exact) mass is 413 g/mol. The van der Waals surface area contributed by atoms with Crippen molar-refractivity contribution in [3.05, 3.63) is 41.9 Å². The zero-order chi connectivity index (χ0) is 22.1. The predicted molar refractivity (Wildman–Crippen MR) is 115 cm³/mol. The molecule has 0 unspecified atom stereocenters. The minimum Gasteiger partial charge on any atom is -0.391 e. The third-order valence-corrected chi connectivity index (χ3v) is 5.56. The van der Waals surface area contributed by atoms with Crippen LogP contribution in [0.3, 0.4) is 0 Å². The number of carbonyl (C=O) groups is 2. The van der Waals surface area contributed by atoms with Crippen LogP contribution in [0.15, 0.2) is 30.5 Å². The minimum absolute atomic E-state index is 0.0422. The first-order chi connectivity index (χ1) is 14.2. The number of hydrogen-bond donors (Lipinski definition) is 4. The average molecular weight is 414 g/mol. The molecule has 0 spiro atoms. The lowest BCUT2D eigenvalue weighted by Gasteiger charge is -2.34. The van der Waals surface area contributed by atoms with E-state index in [4.69, 9.17) is 0 Å². The smallest absolute Gasteiger partial charge is 0.251 e. The molecule has 1 saturated heterocycles. The highest BCUT2D eigenvalue weighted by molar-refractivity contribution is 5.94. The number of β-amino-alcohol motifs (C(OH)–C–C–N with tert-alkyl or cyclic N) is 1. The van der Waals surface area contributed by atoms with E-state index in [1.54, 1.807) is 37.3 Å². The summed E-state index contributed by atoms with van der Waals surface area (Å²) in [5.41, 5.74) is 2.01. The van der Waals surface area contributed by atoms with Crippen LogP contribution in [-0.2, 0) is 4.79 Å². The van der Waals surface area contributed by atoms with E-state index in [2.05, 4.69) is 20.6 Å². The molecule has 1 aromatic carbocycles. The molecule has 0 bridgehead atoms. The fourth-order valence-electron chi connectivity index (χ4n) is 4.01. The molecule has 2 aromatic rings. The predicted octanol–water partition coefficient (Wildman–Crippen LogP) is 1.70. The average Bonchev–Trinajstić information content (AvgIpc) is 3.33. The molecule has 3 rings (SSSR count). The molecule has 1 fully saturated rings. The Morgan fingerprint density at radius 1 is 1.23 bits per heavy atom. The normalized spacial score (nSPS) is 20.3. The van der Waals surface area contributed by atoms with Gasteiger partial charge < -0.3 is 25.6 Å². The van der Waals surface area contributed by atoms with Gasteiger partial charge in [0.1, 0.15) is 5.82 Å². The molecule has 1 aliphatic rings. The van der Waals surface area contributed by atoms with E-state index < -0.39 is 6.10 Å². The van der Waals surface area contributed by atoms with Crippen molar-refractivity contribution in [3.8, 4) is 11.3 Å². The highest BCUT2D eigenvalue weighted by atomic mass is 16.3. The molecule has 1 aliphatic heterocycles. The van der Waals surface area contributed by atoms with Crippen molar-refractivity contribution >= 4 is 11.8 Å². The number of likely N-dealkylation sites (N-methyl/N-ethyl adjacent to an activating group) is 1. The van der Waals surface area contributed by atoms with Crippen molar-refractivity contribution in [2.24, 2.45) is 5.41 Å². The van der Waals surface area contributed by atoms with Gasteiger partial charge in [0.05, 0.1) is 30.1 Å². The topological polar surface area (TPSA) is 110 Å². The summed E-state index contributed by atoms with van der Waals surface area (Å²) in [6, 6.07) is 6.53. The zero-order valence-corrected chi connectivity index (χ0v) is 18.2. The first kappa shape index (κ1) is 22.0. The number of aliphatic hydroxyl groups is 1. The summed E-state index contributed by atoms with van der Waals surface area (Å²) in [6.45, 7) is 6.33. The third kappa shape index (κ3) is 4.39. The van der Waals surface area contributed by atoms with Crippen molar-refractivity contribution in [2.75, 3.05) is 20.6 Å². The van der Waals surface area contributed by atoms with E-state index in [1.165, 1.54) is 0 Å². The van der Waals surface area contributed by atoms with E-state index in [0.29, 0.717) is 17.8 Å². The molecule has 4 N–H and O–H groups in total. The van der Waals surface area contributed by atoms with Crippen molar-refractivity contribution in [1.82, 2.24) is 25.5 Å². The number of H-pyrrole nitrogens is 1. The first-order valence-corrected chi connectivity index (χ1v) is 10.2. The van der Waals surface area contributed by atoms with Crippen molar-refractivity contribution in [3.63, 3.8) is 0 Å². The Hall–Kier alpha value is -2.71. The Morgan fingerprint density at radius 3 is 2.47 bits per heavy atom. The summed E-state index contributed by atoms with van der Waals surface area (Å²) in [5, 5.41) is 16.0. The van der Waals surface area contributed by atoms with Crippen LogP contribution >= 0.6 is 0 Å². The maximum Gasteiger partial charge on any atom is 0.251 e. The Bertz CT molecular complexity index is 900. The maximum atomic E-state index is 13.2. The van der Waals surface area contributed by atoms with Gasteiger partial charge in [0.25, 0.3) is 5.91 Å². The van der Waals surface area contributed by atoms with Gasteiger partial charge in [-0.15, -0.1) is 0 Å². The largest absolute Gasteiger partial charge is 0.391 e. The number of carbonyl (C=O) groups excluding carboxylic acids is 2. The van der Waals surface area contributed by atoms with Gasteiger partial charge in [-0.2, -0.15) is 0 Å². The van der Waals surface area contributed by atoms with Crippen LogP contribution < -0.4 is 10.6 Å². The van der Waals surface area contributed by atoms with Gasteiger partial charge in [-0.25, -0.2) is 4.98 Å². The summed E-state index contributed by atoms with van der Waals surface area (Å²) in [5.74, 6) is 0.465. The van der Waals surface area contributed by atoms with E-state index in [9.17, 15) is 14.7 Å². The Morgan fingerprint density at radius 2 is 1.90 bits per heavy atom. The van der Waals surface area contributed by atoms with Gasteiger partial charge in [-0.1, -0.05) is 32.9 Å². The van der Waals surface area contributed by atoms with E-state index in [-0.39, 0.29) is 35.9 Å². The van der Waals surface area contributed by atoms with Crippen LogP contribution in [0.5, 0.6) is 0 Å². The number of hydrogen-bond acceptors (Lipinski definition) is 5. The Balaban J connectivity index is 1.84. The summed E-state index contributed by atoms with van der Waals surface area (Å²) in [7, 11) is 3.38. The second-order valence-electron chi connectivity index (χ2n) is 8.82. The number of nitrogens with one attached hydrogen (secondary N) is 3. The van der Waals surface area contributed by atoms with Gasteiger partial charge >= 0.3 is 0 Å². The summed E-state index contributed by atoms with van der Waals surface area (Å²) < 4.78 is 0. The van der Waals surface area contributed by atoms with E-state index in [1.807, 2.05) is 32.9 Å². The minimum atomic E-state index is -0.586. The second-order valence-corrected chi connectivity index (χ2v) is 8.82. The summed E-state index contributed by atoms with van der Waals surface area (Å²) >= 11 is 0. The van der Waals surface area contributed by atoms with Crippen LogP contribution in [-0.4, -0.2) is 64.6 Å². The summed E-state index contributed by atoms with van der Waals surface area (Å²) in [4.78, 5) is 34.5. The molecule has 0 radical (unpaired) electrons. The molecule has 162 valence electrons. The van der Waals surface area contributed by atoms with Crippen LogP contribution in [0.2, 0.25) is 0 Å². The van der Waals surface area contributed by atoms with E-state index in [0.717, 1.165) is 11.3 Å². The number of imidazole rings is 1. The second kappa shape index (κ2) is 8.57. The molecule has 0 saturated carbocycles. The Labute approximate surface area is 177 Å². The van der Waals surface area contributed by atoms with E-state index >= 15 is 0 Å². The molecule has 3 atom stereocenters. The van der Waals surface area contributed by atoms with Gasteiger partial charge in [0, 0.05) is 25.6 Å². The molecule has 8 nitrogen and oxygen atoms in total. The number of rotatable bonds is 5. The quantitative estimate of drug-likeness (QED) is 0.596. The van der Waals surface area contributed by atoms with Crippen LogP contribution in [0.25, 0.3) is 11.3 Å². The van der Waals surface area contributed by atoms with Crippen molar-refractivity contribution < 1.29 is 14.7 Å². The number of aliphatic hydroxyl groups excluding tert-OH is 1. The SMILES string of the molecule is CNC(=O)c1ccc(-c2cnc([C@@H]3C[C@@H](O)CN3C(=O)[C@@H](NC)C(C)(C)C)[nH]2)cc1. The lowest BCUT2D eigenvalue weighted by Crippen LogP contribution is -2.52. The number of likely N-dealkylation sites (tertiary alicyclic amines) is 1. The number of benzene rings is 1. The molecular weight excluding hydrogens is 382 g/mol. The molecule has 2 amide bonds. The van der Waals surface area contributed by atoms with Crippen molar-refractivity contribution in [2.45, 2.75) is 45.4 Å². The van der Waals surface area contributed by atoms with Crippen LogP contribution in [0.4, 0.5) is 0 Å². The summed E-state index contributed by atoms with van der Waals surface area (Å²) in [6.07, 6.45) is 1.57. The van der Waals surface area contributed by atoms with Gasteiger partial charge in [0.2, 0.25) is 5.91 Å². The first-order valence-electron chi connectivity index (χ1n) is 10.2. The standard InChI is InChI=1S/C22H31N5O3/c1-22(2,3)18(23-4)21(30)27-12-15(28)10-17(27)19-25-11-16(26-19)13-6-8-14(9-7-13)20(29)24-5/h6-9,11,15,17-18,23,28H,10,12H2,1-5H3,(H,24,29)(H,25,26)/t15-,17+,18-/m1/s1. The number of aromatic amines is 1. The Kier molecular flexibility index (Phi) is 6.28. The third-order valence-electron chi connectivity index (χ3n) is 5.56. The van der Waals surface area contributed by atoms with Gasteiger partial charge in [-0.05, 0) is 30.2 Å². The highest BCUT2D eigenvalue weighted by Gasteiger charge is 2.42. The molecule has 8 heteroatoms. The number of nitrogens with zero attached hydrogens (tertiary/aromatic N) is 2. The highest BCUT2D eigenvalue weighted by Crippen LogP contribution is 2.34. The molecule has 1 aromatic heterocycles. The number of amides is 2. The van der Waals surface area contributed by atoms with Gasteiger partial charge in [0.15, 0.2) is 0 Å². The number of aromatic nitrogens is 2. The van der Waals surface area contributed by atoms with Crippen LogP contribution in [0, 0.1) is 5.41 Å². The lowest BCUT2D eigenvalue weighted by molar-refractivity contribution is -0.137. The molecule has 30 heavy (non-hydrogen) atoms. The lowest BCUT2D eigenvalue weighted by atomic mass is 9.86.